The summed E-state index contributed by atoms with van der Waals surface area (Å²) < 4.78 is 0. The minimum Gasteiger partial charge on any atom is -0.508 e. The SMILES string of the molecule is CCCN1CCN(C(C)c2cc(Cl)ccc2O)CC1. The number of hydrogen-bond donors (Lipinski definition) is 1. The molecule has 1 heterocycles. The molecule has 0 amide bonds. The fourth-order valence-electron chi connectivity index (χ4n) is 2.75. The minimum atomic E-state index is 0.211. The number of nitrogens with zero attached hydrogens (tertiary/aromatic N) is 2. The number of phenolic OH excluding ortho intramolecular Hbond substituents is 1. The van der Waals surface area contributed by atoms with Crippen molar-refractivity contribution < 1.29 is 5.11 Å². The molecule has 0 bridgehead atoms. The van der Waals surface area contributed by atoms with Crippen molar-refractivity contribution in [3.8, 4) is 5.75 Å². The van der Waals surface area contributed by atoms with Gasteiger partial charge in [-0.3, -0.25) is 4.90 Å². The molecule has 0 radical (unpaired) electrons. The Kier molecular flexibility index (Phi) is 5.08. The number of piperazine rings is 1. The molecule has 0 aliphatic carbocycles. The average Bonchev–Trinajstić information content (AvgIpc) is 2.42. The van der Waals surface area contributed by atoms with Gasteiger partial charge in [0.2, 0.25) is 0 Å². The van der Waals surface area contributed by atoms with E-state index in [2.05, 4.69) is 23.6 Å². The highest BCUT2D eigenvalue weighted by Gasteiger charge is 2.23. The Labute approximate surface area is 120 Å². The third-order valence-corrected chi connectivity index (χ3v) is 4.17. The van der Waals surface area contributed by atoms with Crippen LogP contribution in [0, 0.1) is 0 Å². The normalized spacial score (nSPS) is 19.5. The molecule has 3 nitrogen and oxygen atoms in total. The first-order valence-corrected chi connectivity index (χ1v) is 7.44. The smallest absolute Gasteiger partial charge is 0.120 e. The van der Waals surface area contributed by atoms with Crippen LogP contribution in [0.1, 0.15) is 31.9 Å². The predicted molar refractivity (Wildman–Crippen MR) is 79.8 cm³/mol. The topological polar surface area (TPSA) is 26.7 Å². The van der Waals surface area contributed by atoms with Gasteiger partial charge in [-0.1, -0.05) is 18.5 Å². The third-order valence-electron chi connectivity index (χ3n) is 3.93. The van der Waals surface area contributed by atoms with Crippen molar-refractivity contribution in [2.24, 2.45) is 0 Å². The Morgan fingerprint density at radius 3 is 2.58 bits per heavy atom. The van der Waals surface area contributed by atoms with Gasteiger partial charge >= 0.3 is 0 Å². The quantitative estimate of drug-likeness (QED) is 0.919. The van der Waals surface area contributed by atoms with Crippen molar-refractivity contribution in [3.05, 3.63) is 28.8 Å². The molecule has 4 heteroatoms. The van der Waals surface area contributed by atoms with Crippen LogP contribution in [0.2, 0.25) is 5.02 Å². The highest BCUT2D eigenvalue weighted by atomic mass is 35.5. The molecule has 1 atom stereocenters. The fraction of sp³-hybridized carbons (Fsp3) is 0.600. The third kappa shape index (κ3) is 3.62. The molecule has 1 aromatic carbocycles. The number of halogens is 1. The van der Waals surface area contributed by atoms with Crippen LogP contribution in [0.15, 0.2) is 18.2 Å². The average molecular weight is 283 g/mol. The lowest BCUT2D eigenvalue weighted by Gasteiger charge is -2.38. The van der Waals surface area contributed by atoms with Crippen LogP contribution in [-0.4, -0.2) is 47.6 Å². The van der Waals surface area contributed by atoms with Gasteiger partial charge in [0.05, 0.1) is 0 Å². The van der Waals surface area contributed by atoms with E-state index in [1.165, 1.54) is 13.0 Å². The molecule has 1 aliphatic rings. The number of benzene rings is 1. The van der Waals surface area contributed by atoms with Crippen molar-refractivity contribution in [2.75, 3.05) is 32.7 Å². The maximum Gasteiger partial charge on any atom is 0.120 e. The van der Waals surface area contributed by atoms with Crippen LogP contribution >= 0.6 is 11.6 Å². The van der Waals surface area contributed by atoms with E-state index in [9.17, 15) is 5.11 Å². The predicted octanol–water partition coefficient (Wildman–Crippen LogP) is 3.13. The molecule has 2 rings (SSSR count). The number of hydrogen-bond acceptors (Lipinski definition) is 3. The van der Waals surface area contributed by atoms with Gasteiger partial charge < -0.3 is 10.0 Å². The van der Waals surface area contributed by atoms with Gasteiger partial charge in [0.1, 0.15) is 5.75 Å². The lowest BCUT2D eigenvalue weighted by Crippen LogP contribution is -2.47. The first-order valence-electron chi connectivity index (χ1n) is 7.06. The standard InChI is InChI=1S/C15H23ClN2O/c1-3-6-17-7-9-18(10-8-17)12(2)14-11-13(16)4-5-15(14)19/h4-5,11-12,19H,3,6-10H2,1-2H3. The van der Waals surface area contributed by atoms with Crippen LogP contribution in [0.5, 0.6) is 5.75 Å². The summed E-state index contributed by atoms with van der Waals surface area (Å²) in [5.74, 6) is 0.341. The molecule has 1 N–H and O–H groups in total. The molecule has 19 heavy (non-hydrogen) atoms. The summed E-state index contributed by atoms with van der Waals surface area (Å²) in [6.07, 6.45) is 1.21. The summed E-state index contributed by atoms with van der Waals surface area (Å²) in [4.78, 5) is 4.92. The van der Waals surface area contributed by atoms with Gasteiger partial charge in [-0.05, 0) is 38.1 Å². The van der Waals surface area contributed by atoms with Gasteiger partial charge in [-0.2, -0.15) is 0 Å². The van der Waals surface area contributed by atoms with Crippen molar-refractivity contribution in [3.63, 3.8) is 0 Å². The summed E-state index contributed by atoms with van der Waals surface area (Å²) in [7, 11) is 0. The summed E-state index contributed by atoms with van der Waals surface area (Å²) in [5.41, 5.74) is 0.927. The molecule has 1 unspecified atom stereocenters. The van der Waals surface area contributed by atoms with Crippen molar-refractivity contribution in [1.82, 2.24) is 9.80 Å². The van der Waals surface area contributed by atoms with Crippen LogP contribution in [0.3, 0.4) is 0 Å². The van der Waals surface area contributed by atoms with Gasteiger partial charge in [0.15, 0.2) is 0 Å². The van der Waals surface area contributed by atoms with E-state index < -0.39 is 0 Å². The zero-order valence-corrected chi connectivity index (χ0v) is 12.5. The van der Waals surface area contributed by atoms with E-state index in [0.717, 1.165) is 31.7 Å². The maximum absolute atomic E-state index is 9.98. The fourth-order valence-corrected chi connectivity index (χ4v) is 2.93. The Bertz CT molecular complexity index is 417. The van der Waals surface area contributed by atoms with Crippen LogP contribution in [-0.2, 0) is 0 Å². The highest BCUT2D eigenvalue weighted by Crippen LogP contribution is 2.31. The van der Waals surface area contributed by atoms with Crippen molar-refractivity contribution in [1.29, 1.82) is 0 Å². The minimum absolute atomic E-state index is 0.211. The second-order valence-corrected chi connectivity index (χ2v) is 5.69. The molecule has 1 saturated heterocycles. The molecule has 0 saturated carbocycles. The summed E-state index contributed by atoms with van der Waals surface area (Å²) >= 11 is 6.03. The van der Waals surface area contributed by atoms with E-state index in [1.807, 2.05) is 6.07 Å². The van der Waals surface area contributed by atoms with E-state index in [1.54, 1.807) is 12.1 Å². The van der Waals surface area contributed by atoms with E-state index in [4.69, 9.17) is 11.6 Å². The number of aromatic hydroxyl groups is 1. The molecular formula is C15H23ClN2O. The Balaban J connectivity index is 2.01. The van der Waals surface area contributed by atoms with E-state index in [0.29, 0.717) is 10.8 Å². The van der Waals surface area contributed by atoms with Gasteiger partial charge in [-0.15, -0.1) is 0 Å². The Morgan fingerprint density at radius 1 is 1.26 bits per heavy atom. The van der Waals surface area contributed by atoms with Crippen LogP contribution < -0.4 is 0 Å². The monoisotopic (exact) mass is 282 g/mol. The van der Waals surface area contributed by atoms with Crippen molar-refractivity contribution in [2.45, 2.75) is 26.3 Å². The molecule has 1 aliphatic heterocycles. The second kappa shape index (κ2) is 6.60. The Morgan fingerprint density at radius 2 is 1.95 bits per heavy atom. The largest absolute Gasteiger partial charge is 0.508 e. The summed E-state index contributed by atoms with van der Waals surface area (Å²) in [6, 6.07) is 5.50. The molecule has 106 valence electrons. The van der Waals surface area contributed by atoms with E-state index >= 15 is 0 Å². The zero-order chi connectivity index (χ0) is 13.8. The van der Waals surface area contributed by atoms with Crippen LogP contribution in [0.25, 0.3) is 0 Å². The molecular weight excluding hydrogens is 260 g/mol. The Hall–Kier alpha value is -0.770. The van der Waals surface area contributed by atoms with E-state index in [-0.39, 0.29) is 6.04 Å². The molecule has 1 fully saturated rings. The summed E-state index contributed by atoms with van der Waals surface area (Å²) in [6.45, 7) is 9.86. The molecule has 0 spiro atoms. The zero-order valence-electron chi connectivity index (χ0n) is 11.8. The first kappa shape index (κ1) is 14.6. The lowest BCUT2D eigenvalue weighted by molar-refractivity contribution is 0.101. The van der Waals surface area contributed by atoms with Gasteiger partial charge in [0, 0.05) is 42.8 Å². The van der Waals surface area contributed by atoms with Gasteiger partial charge in [0.25, 0.3) is 0 Å². The second-order valence-electron chi connectivity index (χ2n) is 5.26. The lowest BCUT2D eigenvalue weighted by atomic mass is 10.0. The van der Waals surface area contributed by atoms with Crippen LogP contribution in [0.4, 0.5) is 0 Å². The first-order chi connectivity index (χ1) is 9.11. The summed E-state index contributed by atoms with van der Waals surface area (Å²) in [5, 5.41) is 10.7. The van der Waals surface area contributed by atoms with Gasteiger partial charge in [-0.25, -0.2) is 0 Å². The highest BCUT2D eigenvalue weighted by molar-refractivity contribution is 6.30. The maximum atomic E-state index is 9.98. The molecule has 0 aromatic heterocycles. The number of phenols is 1. The number of rotatable bonds is 4. The van der Waals surface area contributed by atoms with Crippen molar-refractivity contribution >= 4 is 11.6 Å². The molecule has 1 aromatic rings.